The van der Waals surface area contributed by atoms with Crippen molar-refractivity contribution in [3.63, 3.8) is 0 Å². The van der Waals surface area contributed by atoms with Crippen LogP contribution >= 0.6 is 0 Å². The first-order chi connectivity index (χ1) is 15.0. The number of fused-ring (bicyclic) bond motifs is 1. The molecule has 1 aromatic heterocycles. The summed E-state index contributed by atoms with van der Waals surface area (Å²) in [5, 5.41) is 19.1. The Kier molecular flexibility index (Phi) is 5.21. The fourth-order valence-corrected chi connectivity index (χ4v) is 3.36. The van der Waals surface area contributed by atoms with E-state index < -0.39 is 5.91 Å². The van der Waals surface area contributed by atoms with E-state index in [1.54, 1.807) is 30.3 Å². The number of nitriles is 1. The molecular formula is C24H18N4O3. The molecule has 2 N–H and O–H groups in total. The van der Waals surface area contributed by atoms with Gasteiger partial charge in [0.05, 0.1) is 17.0 Å². The second-order valence-corrected chi connectivity index (χ2v) is 7.06. The molecule has 0 radical (unpaired) electrons. The van der Waals surface area contributed by atoms with Crippen molar-refractivity contribution in [3.05, 3.63) is 77.5 Å². The van der Waals surface area contributed by atoms with Crippen molar-refractivity contribution in [1.82, 2.24) is 5.16 Å². The lowest BCUT2D eigenvalue weighted by atomic mass is 10.0. The van der Waals surface area contributed by atoms with Crippen molar-refractivity contribution in [3.8, 4) is 17.2 Å². The highest BCUT2D eigenvalue weighted by Crippen LogP contribution is 2.31. The fourth-order valence-electron chi connectivity index (χ4n) is 3.36. The molecule has 0 aliphatic carbocycles. The van der Waals surface area contributed by atoms with Gasteiger partial charge >= 0.3 is 0 Å². The Balaban J connectivity index is 1.65. The summed E-state index contributed by atoms with van der Waals surface area (Å²) < 4.78 is 5.42. The van der Waals surface area contributed by atoms with Crippen molar-refractivity contribution < 1.29 is 14.1 Å². The monoisotopic (exact) mass is 410 g/mol. The third-order valence-electron chi connectivity index (χ3n) is 4.84. The van der Waals surface area contributed by atoms with E-state index in [2.05, 4.69) is 21.9 Å². The van der Waals surface area contributed by atoms with Gasteiger partial charge in [0.2, 0.25) is 5.91 Å². The SMILES string of the molecule is CC(=O)Nc1ccccc1-c1ccc2c(C(=O)Nc3ccc(C#N)cc3C)noc2c1. The number of rotatable bonds is 4. The molecule has 0 saturated carbocycles. The van der Waals surface area contributed by atoms with Gasteiger partial charge in [-0.15, -0.1) is 0 Å². The van der Waals surface area contributed by atoms with Gasteiger partial charge in [0.15, 0.2) is 11.3 Å². The van der Waals surface area contributed by atoms with Crippen molar-refractivity contribution in [1.29, 1.82) is 5.26 Å². The lowest BCUT2D eigenvalue weighted by Gasteiger charge is -2.10. The van der Waals surface area contributed by atoms with E-state index in [4.69, 9.17) is 9.78 Å². The minimum absolute atomic E-state index is 0.162. The second kappa shape index (κ2) is 8.13. The molecule has 0 unspecified atom stereocenters. The van der Waals surface area contributed by atoms with Crippen LogP contribution in [-0.4, -0.2) is 17.0 Å². The molecule has 7 heteroatoms. The molecule has 4 aromatic rings. The molecule has 0 aliphatic heterocycles. The fraction of sp³-hybridized carbons (Fsp3) is 0.0833. The molecule has 1 heterocycles. The van der Waals surface area contributed by atoms with Crippen molar-refractivity contribution in [2.24, 2.45) is 0 Å². The molecule has 3 aromatic carbocycles. The zero-order valence-corrected chi connectivity index (χ0v) is 16.9. The molecule has 0 fully saturated rings. The maximum absolute atomic E-state index is 12.8. The average molecular weight is 410 g/mol. The van der Waals surface area contributed by atoms with E-state index in [0.29, 0.717) is 27.9 Å². The van der Waals surface area contributed by atoms with Gasteiger partial charge in [0, 0.05) is 23.9 Å². The van der Waals surface area contributed by atoms with Crippen LogP contribution in [0.5, 0.6) is 0 Å². The molecule has 0 aliphatic rings. The van der Waals surface area contributed by atoms with Crippen LogP contribution in [0.3, 0.4) is 0 Å². The molecule has 2 amide bonds. The van der Waals surface area contributed by atoms with Crippen LogP contribution in [0.15, 0.2) is 65.2 Å². The zero-order valence-electron chi connectivity index (χ0n) is 16.9. The van der Waals surface area contributed by atoms with Gasteiger partial charge < -0.3 is 15.2 Å². The van der Waals surface area contributed by atoms with E-state index in [1.165, 1.54) is 6.92 Å². The van der Waals surface area contributed by atoms with E-state index in [1.807, 2.05) is 37.3 Å². The quantitative estimate of drug-likeness (QED) is 0.498. The number of anilines is 2. The number of hydrogen-bond acceptors (Lipinski definition) is 5. The number of hydrogen-bond donors (Lipinski definition) is 2. The maximum atomic E-state index is 12.8. The molecule has 0 bridgehead atoms. The minimum atomic E-state index is -0.405. The van der Waals surface area contributed by atoms with Gasteiger partial charge in [0.25, 0.3) is 5.91 Å². The summed E-state index contributed by atoms with van der Waals surface area (Å²) in [5.41, 5.74) is 4.85. The standard InChI is InChI=1S/C24H18N4O3/c1-14-11-16(13-25)7-10-20(14)27-24(30)23-19-9-8-17(12-22(19)31-28-23)18-5-3-4-6-21(18)26-15(2)29/h3-12H,1-2H3,(H,26,29)(H,27,30). The largest absolute Gasteiger partial charge is 0.355 e. The van der Waals surface area contributed by atoms with E-state index in [9.17, 15) is 9.59 Å². The lowest BCUT2D eigenvalue weighted by molar-refractivity contribution is -0.114. The Morgan fingerprint density at radius 2 is 1.81 bits per heavy atom. The predicted octanol–water partition coefficient (Wildman–Crippen LogP) is 4.89. The molecule has 7 nitrogen and oxygen atoms in total. The summed E-state index contributed by atoms with van der Waals surface area (Å²) in [6, 6.07) is 19.9. The van der Waals surface area contributed by atoms with Crippen LogP contribution in [0.4, 0.5) is 11.4 Å². The Hall–Kier alpha value is -4.44. The zero-order chi connectivity index (χ0) is 22.0. The van der Waals surface area contributed by atoms with E-state index in [0.717, 1.165) is 16.7 Å². The summed E-state index contributed by atoms with van der Waals surface area (Å²) in [6.45, 7) is 3.27. The van der Waals surface area contributed by atoms with Gasteiger partial charge in [-0.2, -0.15) is 5.26 Å². The number of nitrogens with one attached hydrogen (secondary N) is 2. The number of benzene rings is 3. The van der Waals surface area contributed by atoms with Crippen molar-refractivity contribution in [2.45, 2.75) is 13.8 Å². The molecule has 0 spiro atoms. The molecule has 4 rings (SSSR count). The summed E-state index contributed by atoms with van der Waals surface area (Å²) >= 11 is 0. The summed E-state index contributed by atoms with van der Waals surface area (Å²) in [5.74, 6) is -0.566. The normalized spacial score (nSPS) is 10.5. The Morgan fingerprint density at radius 1 is 1.00 bits per heavy atom. The third-order valence-corrected chi connectivity index (χ3v) is 4.84. The third kappa shape index (κ3) is 4.00. The number of amides is 2. The number of nitrogens with zero attached hydrogens (tertiary/aromatic N) is 2. The first-order valence-corrected chi connectivity index (χ1v) is 9.55. The summed E-state index contributed by atoms with van der Waals surface area (Å²) in [4.78, 5) is 24.3. The number of carbonyl (C=O) groups excluding carboxylic acids is 2. The predicted molar refractivity (Wildman–Crippen MR) is 118 cm³/mol. The summed E-state index contributed by atoms with van der Waals surface area (Å²) in [7, 11) is 0. The smallest absolute Gasteiger partial charge is 0.278 e. The lowest BCUT2D eigenvalue weighted by Crippen LogP contribution is -2.13. The van der Waals surface area contributed by atoms with E-state index >= 15 is 0 Å². The number of carbonyl (C=O) groups is 2. The second-order valence-electron chi connectivity index (χ2n) is 7.06. The van der Waals surface area contributed by atoms with Crippen LogP contribution in [0.1, 0.15) is 28.5 Å². The number of para-hydroxylation sites is 1. The first-order valence-electron chi connectivity index (χ1n) is 9.55. The van der Waals surface area contributed by atoms with Gasteiger partial charge in [-0.1, -0.05) is 29.4 Å². The van der Waals surface area contributed by atoms with Gasteiger partial charge in [-0.25, -0.2) is 0 Å². The highest BCUT2D eigenvalue weighted by molar-refractivity contribution is 6.11. The Bertz CT molecular complexity index is 1370. The highest BCUT2D eigenvalue weighted by Gasteiger charge is 2.18. The van der Waals surface area contributed by atoms with Crippen LogP contribution in [0, 0.1) is 18.3 Å². The number of aromatic nitrogens is 1. The average Bonchev–Trinajstić information content (AvgIpc) is 3.18. The summed E-state index contributed by atoms with van der Waals surface area (Å²) in [6.07, 6.45) is 0. The first kappa shape index (κ1) is 19.9. The van der Waals surface area contributed by atoms with Gasteiger partial charge in [-0.05, 0) is 54.4 Å². The minimum Gasteiger partial charge on any atom is -0.355 e. The van der Waals surface area contributed by atoms with Crippen LogP contribution in [0.25, 0.3) is 22.1 Å². The van der Waals surface area contributed by atoms with Crippen molar-refractivity contribution in [2.75, 3.05) is 10.6 Å². The molecule has 31 heavy (non-hydrogen) atoms. The molecular weight excluding hydrogens is 392 g/mol. The molecule has 152 valence electrons. The maximum Gasteiger partial charge on any atom is 0.278 e. The topological polar surface area (TPSA) is 108 Å². The highest BCUT2D eigenvalue weighted by atomic mass is 16.5. The van der Waals surface area contributed by atoms with Crippen molar-refractivity contribution >= 4 is 34.2 Å². The number of aryl methyl sites for hydroxylation is 1. The Labute approximate surface area is 178 Å². The van der Waals surface area contributed by atoms with Crippen LogP contribution < -0.4 is 10.6 Å². The Morgan fingerprint density at radius 3 is 2.55 bits per heavy atom. The van der Waals surface area contributed by atoms with E-state index in [-0.39, 0.29) is 11.6 Å². The van der Waals surface area contributed by atoms with Crippen LogP contribution in [0.2, 0.25) is 0 Å². The van der Waals surface area contributed by atoms with Gasteiger partial charge in [0.1, 0.15) is 0 Å². The van der Waals surface area contributed by atoms with Crippen LogP contribution in [-0.2, 0) is 4.79 Å². The molecule has 0 atom stereocenters. The van der Waals surface area contributed by atoms with Gasteiger partial charge in [-0.3, -0.25) is 9.59 Å². The molecule has 0 saturated heterocycles.